The maximum Gasteiger partial charge on any atom is 0.274 e. The van der Waals surface area contributed by atoms with Gasteiger partial charge in [-0.3, -0.25) is 9.59 Å². The quantitative estimate of drug-likeness (QED) is 0.847. The van der Waals surface area contributed by atoms with Gasteiger partial charge in [-0.1, -0.05) is 31.0 Å². The molecule has 1 amide bonds. The van der Waals surface area contributed by atoms with E-state index in [9.17, 15) is 9.59 Å². The molecule has 1 aromatic heterocycles. The summed E-state index contributed by atoms with van der Waals surface area (Å²) in [6, 6.07) is 6.95. The van der Waals surface area contributed by atoms with Gasteiger partial charge in [-0.2, -0.15) is 5.10 Å². The minimum absolute atomic E-state index is 0.127. The van der Waals surface area contributed by atoms with Crippen LogP contribution in [-0.2, 0) is 6.54 Å². The smallest absolute Gasteiger partial charge is 0.274 e. The zero-order valence-electron chi connectivity index (χ0n) is 11.2. The van der Waals surface area contributed by atoms with Crippen LogP contribution in [0.2, 0.25) is 0 Å². The van der Waals surface area contributed by atoms with Crippen LogP contribution >= 0.6 is 0 Å². The van der Waals surface area contributed by atoms with E-state index >= 15 is 0 Å². The van der Waals surface area contributed by atoms with Crippen molar-refractivity contribution in [2.75, 3.05) is 6.54 Å². The first kappa shape index (κ1) is 13.8. The first-order valence-corrected chi connectivity index (χ1v) is 6.40. The SMILES string of the molecule is C#CCNC(=O)c1nn(CCC)c(=O)c2ccccc12. The summed E-state index contributed by atoms with van der Waals surface area (Å²) >= 11 is 0. The number of aromatic nitrogens is 2. The van der Waals surface area contributed by atoms with Gasteiger partial charge in [0.05, 0.1) is 11.9 Å². The minimum Gasteiger partial charge on any atom is -0.340 e. The number of terminal acetylenes is 1. The lowest BCUT2D eigenvalue weighted by molar-refractivity contribution is 0.0953. The van der Waals surface area contributed by atoms with E-state index in [0.29, 0.717) is 17.3 Å². The summed E-state index contributed by atoms with van der Waals surface area (Å²) in [5.74, 6) is 1.97. The highest BCUT2D eigenvalue weighted by Gasteiger charge is 2.15. The second kappa shape index (κ2) is 6.02. The fourth-order valence-corrected chi connectivity index (χ4v) is 1.98. The molecule has 0 saturated heterocycles. The monoisotopic (exact) mass is 269 g/mol. The molecule has 0 aliphatic rings. The lowest BCUT2D eigenvalue weighted by Crippen LogP contribution is -2.30. The van der Waals surface area contributed by atoms with Gasteiger partial charge < -0.3 is 5.32 Å². The number of aryl methyl sites for hydroxylation is 1. The Morgan fingerprint density at radius 1 is 1.40 bits per heavy atom. The van der Waals surface area contributed by atoms with Crippen molar-refractivity contribution in [3.8, 4) is 12.3 Å². The number of carbonyl (C=O) groups excluding carboxylic acids is 1. The number of carbonyl (C=O) groups is 1. The summed E-state index contributed by atoms with van der Waals surface area (Å²) in [5.41, 5.74) is 0.0415. The maximum absolute atomic E-state index is 12.2. The Bertz CT molecular complexity index is 741. The van der Waals surface area contributed by atoms with Crippen LogP contribution in [0.15, 0.2) is 29.1 Å². The Labute approximate surface area is 116 Å². The summed E-state index contributed by atoms with van der Waals surface area (Å²) < 4.78 is 1.33. The molecule has 5 nitrogen and oxygen atoms in total. The third-order valence-corrected chi connectivity index (χ3v) is 2.87. The molecule has 0 aliphatic heterocycles. The molecule has 0 unspecified atom stereocenters. The summed E-state index contributed by atoms with van der Waals surface area (Å²) in [4.78, 5) is 24.3. The third kappa shape index (κ3) is 2.54. The van der Waals surface area contributed by atoms with Gasteiger partial charge in [0.1, 0.15) is 0 Å². The fourth-order valence-electron chi connectivity index (χ4n) is 1.98. The van der Waals surface area contributed by atoms with Crippen LogP contribution in [0.4, 0.5) is 0 Å². The topological polar surface area (TPSA) is 64.0 Å². The fraction of sp³-hybridized carbons (Fsp3) is 0.267. The normalized spacial score (nSPS) is 10.2. The van der Waals surface area contributed by atoms with E-state index in [0.717, 1.165) is 6.42 Å². The van der Waals surface area contributed by atoms with E-state index in [-0.39, 0.29) is 23.7 Å². The molecule has 2 rings (SSSR count). The Kier molecular flexibility index (Phi) is 4.16. The summed E-state index contributed by atoms with van der Waals surface area (Å²) in [7, 11) is 0. The Morgan fingerprint density at radius 3 is 2.75 bits per heavy atom. The Hall–Kier alpha value is -2.61. The average molecular weight is 269 g/mol. The standard InChI is InChI=1S/C15H15N3O2/c1-3-9-16-14(19)13-11-7-5-6-8-12(11)15(20)18(17-13)10-4-2/h1,5-8H,4,9-10H2,2H3,(H,16,19). The number of nitrogens with one attached hydrogen (secondary N) is 1. The molecule has 1 N–H and O–H groups in total. The number of hydrogen-bond donors (Lipinski definition) is 1. The van der Waals surface area contributed by atoms with E-state index in [1.807, 2.05) is 6.92 Å². The molecule has 0 bridgehead atoms. The lowest BCUT2D eigenvalue weighted by atomic mass is 10.1. The van der Waals surface area contributed by atoms with Gasteiger partial charge in [-0.05, 0) is 12.5 Å². The summed E-state index contributed by atoms with van der Waals surface area (Å²) in [6.45, 7) is 2.54. The highest BCUT2D eigenvalue weighted by Crippen LogP contribution is 2.13. The molecule has 0 radical (unpaired) electrons. The Morgan fingerprint density at radius 2 is 2.10 bits per heavy atom. The van der Waals surface area contributed by atoms with Crippen molar-refractivity contribution in [3.05, 3.63) is 40.3 Å². The second-order valence-electron chi connectivity index (χ2n) is 4.31. The molecule has 102 valence electrons. The minimum atomic E-state index is -0.371. The van der Waals surface area contributed by atoms with Crippen molar-refractivity contribution in [2.24, 2.45) is 0 Å². The number of benzene rings is 1. The van der Waals surface area contributed by atoms with Crippen LogP contribution in [-0.4, -0.2) is 22.2 Å². The molecule has 0 atom stereocenters. The molecule has 5 heteroatoms. The van der Waals surface area contributed by atoms with Crippen molar-refractivity contribution in [1.82, 2.24) is 15.1 Å². The highest BCUT2D eigenvalue weighted by molar-refractivity contribution is 6.04. The number of hydrogen-bond acceptors (Lipinski definition) is 3. The van der Waals surface area contributed by atoms with E-state index < -0.39 is 0 Å². The first-order chi connectivity index (χ1) is 9.69. The molecule has 2 aromatic rings. The van der Waals surface area contributed by atoms with Crippen molar-refractivity contribution < 1.29 is 4.79 Å². The molecular formula is C15H15N3O2. The second-order valence-corrected chi connectivity index (χ2v) is 4.31. The molecule has 0 saturated carbocycles. The van der Waals surface area contributed by atoms with E-state index in [2.05, 4.69) is 16.3 Å². The number of nitrogens with zero attached hydrogens (tertiary/aromatic N) is 2. The van der Waals surface area contributed by atoms with Gasteiger partial charge in [-0.25, -0.2) is 4.68 Å². The number of rotatable bonds is 4. The van der Waals surface area contributed by atoms with Crippen molar-refractivity contribution in [2.45, 2.75) is 19.9 Å². The maximum atomic E-state index is 12.2. The van der Waals surface area contributed by atoms with E-state index in [1.54, 1.807) is 24.3 Å². The van der Waals surface area contributed by atoms with Gasteiger partial charge in [0.15, 0.2) is 5.69 Å². The van der Waals surface area contributed by atoms with Gasteiger partial charge in [0.25, 0.3) is 11.5 Å². The molecule has 0 spiro atoms. The molecule has 0 fully saturated rings. The average Bonchev–Trinajstić information content (AvgIpc) is 2.48. The molecule has 0 aliphatic carbocycles. The zero-order chi connectivity index (χ0) is 14.5. The van der Waals surface area contributed by atoms with Crippen LogP contribution < -0.4 is 10.9 Å². The zero-order valence-corrected chi connectivity index (χ0v) is 11.2. The lowest BCUT2D eigenvalue weighted by Gasteiger charge is -2.09. The van der Waals surface area contributed by atoms with Crippen LogP contribution in [0.3, 0.4) is 0 Å². The van der Waals surface area contributed by atoms with Gasteiger partial charge in [0.2, 0.25) is 0 Å². The van der Waals surface area contributed by atoms with Gasteiger partial charge in [0, 0.05) is 11.9 Å². The highest BCUT2D eigenvalue weighted by atomic mass is 16.2. The van der Waals surface area contributed by atoms with Crippen LogP contribution in [0.25, 0.3) is 10.8 Å². The number of fused-ring (bicyclic) bond motifs is 1. The predicted octanol–water partition coefficient (Wildman–Crippen LogP) is 1.17. The molecule has 1 heterocycles. The van der Waals surface area contributed by atoms with Crippen LogP contribution in [0.1, 0.15) is 23.8 Å². The van der Waals surface area contributed by atoms with Crippen LogP contribution in [0.5, 0.6) is 0 Å². The van der Waals surface area contributed by atoms with E-state index in [4.69, 9.17) is 6.42 Å². The molecular weight excluding hydrogens is 254 g/mol. The number of amides is 1. The Balaban J connectivity index is 2.63. The summed E-state index contributed by atoms with van der Waals surface area (Å²) in [5, 5.41) is 7.77. The van der Waals surface area contributed by atoms with Crippen molar-refractivity contribution >= 4 is 16.7 Å². The first-order valence-electron chi connectivity index (χ1n) is 6.40. The third-order valence-electron chi connectivity index (χ3n) is 2.87. The van der Waals surface area contributed by atoms with Crippen LogP contribution in [0, 0.1) is 12.3 Å². The predicted molar refractivity (Wildman–Crippen MR) is 77.5 cm³/mol. The largest absolute Gasteiger partial charge is 0.340 e. The summed E-state index contributed by atoms with van der Waals surface area (Å²) in [6.07, 6.45) is 5.89. The van der Waals surface area contributed by atoms with E-state index in [1.165, 1.54) is 4.68 Å². The molecule has 1 aromatic carbocycles. The van der Waals surface area contributed by atoms with Gasteiger partial charge in [-0.15, -0.1) is 6.42 Å². The van der Waals surface area contributed by atoms with Gasteiger partial charge >= 0.3 is 0 Å². The molecule has 20 heavy (non-hydrogen) atoms. The van der Waals surface area contributed by atoms with Crippen molar-refractivity contribution in [1.29, 1.82) is 0 Å². The van der Waals surface area contributed by atoms with Crippen molar-refractivity contribution in [3.63, 3.8) is 0 Å².